The molecule has 55 valence electrons. The molecule has 0 aliphatic rings. The zero-order chi connectivity index (χ0) is 8.31. The summed E-state index contributed by atoms with van der Waals surface area (Å²) in [6.07, 6.45) is 0. The van der Waals surface area contributed by atoms with E-state index < -0.39 is 17.9 Å². The van der Waals surface area contributed by atoms with Crippen molar-refractivity contribution in [1.82, 2.24) is 0 Å². The van der Waals surface area contributed by atoms with Crippen molar-refractivity contribution >= 4 is 11.9 Å². The zero-order valence-corrected chi connectivity index (χ0v) is 5.42. The van der Waals surface area contributed by atoms with Crippen molar-refractivity contribution < 1.29 is 19.8 Å². The topological polar surface area (TPSA) is 74.6 Å². The Morgan fingerprint density at radius 3 is 1.50 bits per heavy atom. The van der Waals surface area contributed by atoms with Crippen LogP contribution in [-0.2, 0) is 9.59 Å². The molecule has 0 unspecified atom stereocenters. The first-order valence-electron chi connectivity index (χ1n) is 2.46. The molecule has 4 heteroatoms. The highest BCUT2D eigenvalue weighted by Gasteiger charge is 2.27. The molecule has 0 aromatic heterocycles. The van der Waals surface area contributed by atoms with Gasteiger partial charge in [-0.05, 0) is 6.92 Å². The quantitative estimate of drug-likeness (QED) is 0.557. The van der Waals surface area contributed by atoms with Gasteiger partial charge in [0.15, 0.2) is 0 Å². The van der Waals surface area contributed by atoms with Gasteiger partial charge in [0.25, 0.3) is 0 Å². The van der Waals surface area contributed by atoms with Crippen LogP contribution in [0.2, 0.25) is 0 Å². The summed E-state index contributed by atoms with van der Waals surface area (Å²) >= 11 is 0. The lowest BCUT2D eigenvalue weighted by atomic mass is 10.0. The molecule has 0 aromatic rings. The number of carbonyl (C=O) groups is 2. The molecule has 0 heterocycles. The maximum absolute atomic E-state index is 10.1. The van der Waals surface area contributed by atoms with Crippen LogP contribution in [-0.4, -0.2) is 22.2 Å². The van der Waals surface area contributed by atoms with Crippen LogP contribution >= 0.6 is 0 Å². The number of carboxylic acid groups (broad SMARTS) is 2. The Labute approximate surface area is 57.8 Å². The van der Waals surface area contributed by atoms with Gasteiger partial charge in [0, 0.05) is 0 Å². The molecule has 0 aliphatic carbocycles. The molecule has 4 nitrogen and oxygen atoms in total. The van der Waals surface area contributed by atoms with Gasteiger partial charge in [-0.15, -0.1) is 0 Å². The molecule has 2 N–H and O–H groups in total. The van der Waals surface area contributed by atoms with Crippen LogP contribution in [0, 0.1) is 5.92 Å². The van der Waals surface area contributed by atoms with Crippen LogP contribution in [0.3, 0.4) is 0 Å². The lowest BCUT2D eigenvalue weighted by molar-refractivity contribution is -0.143. The van der Waals surface area contributed by atoms with Gasteiger partial charge in [-0.25, -0.2) is 0 Å². The predicted molar refractivity (Wildman–Crippen MR) is 33.3 cm³/mol. The second kappa shape index (κ2) is 3.00. The van der Waals surface area contributed by atoms with E-state index >= 15 is 0 Å². The highest BCUT2D eigenvalue weighted by atomic mass is 16.4. The third-order valence-corrected chi connectivity index (χ3v) is 0.855. The number of carboxylic acids is 2. The van der Waals surface area contributed by atoms with Gasteiger partial charge in [0.1, 0.15) is 0 Å². The van der Waals surface area contributed by atoms with E-state index in [0.717, 1.165) is 0 Å². The second-order valence-electron chi connectivity index (χ2n) is 1.77. The van der Waals surface area contributed by atoms with E-state index in [0.29, 0.717) is 0 Å². The van der Waals surface area contributed by atoms with Gasteiger partial charge in [0.2, 0.25) is 5.92 Å². The number of hydrogen-bond acceptors (Lipinski definition) is 2. The fourth-order valence-corrected chi connectivity index (χ4v) is 0.457. The van der Waals surface area contributed by atoms with Crippen molar-refractivity contribution in [1.29, 1.82) is 0 Å². The highest BCUT2D eigenvalue weighted by Crippen LogP contribution is 2.10. The minimum Gasteiger partial charge on any atom is -0.480 e. The maximum atomic E-state index is 10.1. The maximum Gasteiger partial charge on any atom is 0.327 e. The average Bonchev–Trinajstić information content (AvgIpc) is 1.59. The van der Waals surface area contributed by atoms with Crippen molar-refractivity contribution in [2.24, 2.45) is 0 Å². The Morgan fingerprint density at radius 2 is 1.50 bits per heavy atom. The summed E-state index contributed by atoms with van der Waals surface area (Å²) in [7, 11) is 0. The van der Waals surface area contributed by atoms with Crippen molar-refractivity contribution in [3.05, 3.63) is 18.1 Å². The van der Waals surface area contributed by atoms with Gasteiger partial charge in [-0.1, -0.05) is 12.2 Å². The van der Waals surface area contributed by atoms with Crippen molar-refractivity contribution in [3.8, 4) is 0 Å². The van der Waals surface area contributed by atoms with Gasteiger partial charge >= 0.3 is 11.9 Å². The molecule has 0 saturated heterocycles. The summed E-state index contributed by atoms with van der Waals surface area (Å²) in [6.45, 7) is 4.53. The first kappa shape index (κ1) is 8.68. The minimum atomic E-state index is -1.46. The lowest BCUT2D eigenvalue weighted by Gasteiger charge is -2.02. The van der Waals surface area contributed by atoms with Crippen LogP contribution in [0.4, 0.5) is 0 Å². The van der Waals surface area contributed by atoms with E-state index in [1.807, 2.05) is 0 Å². The average molecular weight is 143 g/mol. The molecule has 1 radical (unpaired) electrons. The molecule has 0 bridgehead atoms. The Hall–Kier alpha value is -1.32. The molecular weight excluding hydrogens is 136 g/mol. The summed E-state index contributed by atoms with van der Waals surface area (Å²) in [5, 5.41) is 16.5. The third kappa shape index (κ3) is 1.89. The van der Waals surface area contributed by atoms with Crippen molar-refractivity contribution in [3.63, 3.8) is 0 Å². The first-order valence-corrected chi connectivity index (χ1v) is 2.46. The van der Waals surface area contributed by atoms with Gasteiger partial charge in [0.05, 0.1) is 0 Å². The van der Waals surface area contributed by atoms with Crippen molar-refractivity contribution in [2.45, 2.75) is 6.92 Å². The van der Waals surface area contributed by atoms with Crippen LogP contribution in [0.15, 0.2) is 12.2 Å². The van der Waals surface area contributed by atoms with E-state index in [1.165, 1.54) is 6.92 Å². The monoisotopic (exact) mass is 143 g/mol. The molecule has 0 amide bonds. The number of hydrogen-bond donors (Lipinski definition) is 2. The lowest BCUT2D eigenvalue weighted by Crippen LogP contribution is -2.21. The third-order valence-electron chi connectivity index (χ3n) is 0.855. The SMILES string of the molecule is C=C(C)[C](C(=O)O)C(=O)O. The van der Waals surface area contributed by atoms with Crippen LogP contribution in [0.25, 0.3) is 0 Å². The fraction of sp³-hybridized carbons (Fsp3) is 0.167. The molecule has 0 fully saturated rings. The smallest absolute Gasteiger partial charge is 0.327 e. The molecule has 0 aromatic carbocycles. The summed E-state index contributed by atoms with van der Waals surface area (Å²) in [4.78, 5) is 20.2. The molecule has 10 heavy (non-hydrogen) atoms. The first-order chi connectivity index (χ1) is 4.46. The van der Waals surface area contributed by atoms with E-state index in [4.69, 9.17) is 10.2 Å². The Morgan fingerprint density at radius 1 is 1.20 bits per heavy atom. The van der Waals surface area contributed by atoms with Gasteiger partial charge in [-0.2, -0.15) is 0 Å². The number of rotatable bonds is 3. The van der Waals surface area contributed by atoms with Crippen LogP contribution in [0.1, 0.15) is 6.92 Å². The van der Waals surface area contributed by atoms with E-state index in [2.05, 4.69) is 6.58 Å². The Kier molecular flexibility index (Phi) is 2.61. The predicted octanol–water partition coefficient (Wildman–Crippen LogP) is 0.306. The molecule has 0 rings (SSSR count). The Bertz CT molecular complexity index is 149. The zero-order valence-electron chi connectivity index (χ0n) is 5.42. The van der Waals surface area contributed by atoms with Crippen LogP contribution in [0.5, 0.6) is 0 Å². The second-order valence-corrected chi connectivity index (χ2v) is 1.77. The summed E-state index contributed by atoms with van der Waals surface area (Å²) in [6, 6.07) is 0. The normalized spacial score (nSPS) is 9.40. The Balaban J connectivity index is 4.43. The van der Waals surface area contributed by atoms with Crippen LogP contribution < -0.4 is 0 Å². The fourth-order valence-electron chi connectivity index (χ4n) is 0.457. The van der Waals surface area contributed by atoms with Crippen molar-refractivity contribution in [2.75, 3.05) is 0 Å². The molecule has 0 atom stereocenters. The summed E-state index contributed by atoms with van der Waals surface area (Å²) < 4.78 is 0. The largest absolute Gasteiger partial charge is 0.480 e. The highest BCUT2D eigenvalue weighted by molar-refractivity contribution is 6.11. The summed E-state index contributed by atoms with van der Waals surface area (Å²) in [5.74, 6) is -3.58. The summed E-state index contributed by atoms with van der Waals surface area (Å²) in [5.41, 5.74) is 0.0417. The number of aliphatic carboxylic acids is 2. The molecule has 0 aliphatic heterocycles. The standard InChI is InChI=1S/C6H7O4/c1-3(2)4(5(7)8)6(9)10/h1H2,2H3,(H,7,8)(H,9,10). The molecule has 0 saturated carbocycles. The molecule has 0 spiro atoms. The minimum absolute atomic E-state index is 0.0417. The van der Waals surface area contributed by atoms with E-state index in [9.17, 15) is 9.59 Å². The van der Waals surface area contributed by atoms with E-state index in [-0.39, 0.29) is 5.57 Å². The van der Waals surface area contributed by atoms with Gasteiger partial charge < -0.3 is 10.2 Å². The van der Waals surface area contributed by atoms with Gasteiger partial charge in [-0.3, -0.25) is 9.59 Å². The van der Waals surface area contributed by atoms with E-state index in [1.54, 1.807) is 0 Å². The molecular formula is C6H7O4.